The number of nitrogens with one attached hydrogen (secondary N) is 1. The molecule has 0 fully saturated rings. The van der Waals surface area contributed by atoms with Crippen LogP contribution in [0.3, 0.4) is 0 Å². The van der Waals surface area contributed by atoms with Gasteiger partial charge in [0.2, 0.25) is 0 Å². The molecule has 1 aromatic rings. The van der Waals surface area contributed by atoms with E-state index in [1.54, 1.807) is 0 Å². The zero-order valence-electron chi connectivity index (χ0n) is 10.8. The third kappa shape index (κ3) is 6.64. The van der Waals surface area contributed by atoms with Crippen molar-refractivity contribution in [1.29, 1.82) is 0 Å². The van der Waals surface area contributed by atoms with Crippen molar-refractivity contribution < 1.29 is 13.2 Å². The Balaban J connectivity index is 2.31. The van der Waals surface area contributed by atoms with Gasteiger partial charge in [-0.25, -0.2) is 0 Å². The summed E-state index contributed by atoms with van der Waals surface area (Å²) in [4.78, 5) is 0. The smallest absolute Gasteiger partial charge is 0.312 e. The SMILES string of the molecule is CC(C)Cc1ccc(CNCCC(F)(F)F)cc1. The highest BCUT2D eigenvalue weighted by Gasteiger charge is 2.25. The van der Waals surface area contributed by atoms with E-state index in [1.807, 2.05) is 24.3 Å². The largest absolute Gasteiger partial charge is 0.390 e. The maximum Gasteiger partial charge on any atom is 0.390 e. The van der Waals surface area contributed by atoms with Gasteiger partial charge in [0.1, 0.15) is 0 Å². The van der Waals surface area contributed by atoms with Gasteiger partial charge in [-0.3, -0.25) is 0 Å². The predicted octanol–water partition coefficient (Wildman–Crippen LogP) is 3.93. The van der Waals surface area contributed by atoms with Crippen LogP contribution in [0.5, 0.6) is 0 Å². The molecule has 0 atom stereocenters. The van der Waals surface area contributed by atoms with Gasteiger partial charge in [-0.15, -0.1) is 0 Å². The summed E-state index contributed by atoms with van der Waals surface area (Å²) < 4.78 is 35.7. The summed E-state index contributed by atoms with van der Waals surface area (Å²) in [5.41, 5.74) is 2.29. The summed E-state index contributed by atoms with van der Waals surface area (Å²) in [6, 6.07) is 8.03. The molecule has 1 N–H and O–H groups in total. The summed E-state index contributed by atoms with van der Waals surface area (Å²) in [6.07, 6.45) is -3.83. The summed E-state index contributed by atoms with van der Waals surface area (Å²) in [5.74, 6) is 0.612. The zero-order chi connectivity index (χ0) is 13.6. The van der Waals surface area contributed by atoms with Crippen molar-refractivity contribution in [3.05, 3.63) is 35.4 Å². The normalized spacial score (nSPS) is 12.1. The maximum absolute atomic E-state index is 11.9. The molecule has 18 heavy (non-hydrogen) atoms. The highest BCUT2D eigenvalue weighted by atomic mass is 19.4. The summed E-state index contributed by atoms with van der Waals surface area (Å²) in [5, 5.41) is 2.80. The summed E-state index contributed by atoms with van der Waals surface area (Å²) >= 11 is 0. The third-order valence-electron chi connectivity index (χ3n) is 2.58. The van der Waals surface area contributed by atoms with E-state index in [2.05, 4.69) is 19.2 Å². The minimum Gasteiger partial charge on any atom is -0.312 e. The number of hydrogen-bond donors (Lipinski definition) is 1. The second-order valence-electron chi connectivity index (χ2n) is 4.96. The Bertz CT molecular complexity index is 341. The fourth-order valence-corrected chi connectivity index (χ4v) is 1.73. The quantitative estimate of drug-likeness (QED) is 0.763. The van der Waals surface area contributed by atoms with E-state index in [0.717, 1.165) is 12.0 Å². The number of hydrogen-bond acceptors (Lipinski definition) is 1. The van der Waals surface area contributed by atoms with Crippen molar-refractivity contribution in [1.82, 2.24) is 5.32 Å². The van der Waals surface area contributed by atoms with Crippen LogP contribution in [0.25, 0.3) is 0 Å². The molecule has 0 aliphatic rings. The monoisotopic (exact) mass is 259 g/mol. The first-order chi connectivity index (χ1) is 8.37. The van der Waals surface area contributed by atoms with Crippen LogP contribution in [-0.4, -0.2) is 12.7 Å². The Kier molecular flexibility index (Phi) is 5.66. The molecule has 1 nitrogen and oxygen atoms in total. The van der Waals surface area contributed by atoms with Crippen LogP contribution < -0.4 is 5.32 Å². The molecular weight excluding hydrogens is 239 g/mol. The first kappa shape index (κ1) is 15.0. The average Bonchev–Trinajstić information content (AvgIpc) is 2.24. The van der Waals surface area contributed by atoms with E-state index in [4.69, 9.17) is 0 Å². The molecule has 0 amide bonds. The van der Waals surface area contributed by atoms with Gasteiger partial charge in [0.05, 0.1) is 6.42 Å². The van der Waals surface area contributed by atoms with Crippen LogP contribution in [0.4, 0.5) is 13.2 Å². The topological polar surface area (TPSA) is 12.0 Å². The van der Waals surface area contributed by atoms with E-state index < -0.39 is 12.6 Å². The van der Waals surface area contributed by atoms with E-state index in [-0.39, 0.29) is 6.54 Å². The fourth-order valence-electron chi connectivity index (χ4n) is 1.73. The van der Waals surface area contributed by atoms with Gasteiger partial charge in [-0.1, -0.05) is 38.1 Å². The second kappa shape index (κ2) is 6.78. The number of halogens is 3. The van der Waals surface area contributed by atoms with Crippen molar-refractivity contribution in [2.24, 2.45) is 5.92 Å². The van der Waals surface area contributed by atoms with Gasteiger partial charge < -0.3 is 5.32 Å². The van der Waals surface area contributed by atoms with E-state index in [0.29, 0.717) is 12.5 Å². The zero-order valence-corrected chi connectivity index (χ0v) is 10.8. The first-order valence-corrected chi connectivity index (χ1v) is 6.22. The molecule has 1 rings (SSSR count). The van der Waals surface area contributed by atoms with Crippen molar-refractivity contribution in [3.63, 3.8) is 0 Å². The van der Waals surface area contributed by atoms with Gasteiger partial charge in [0.25, 0.3) is 0 Å². The van der Waals surface area contributed by atoms with Crippen molar-refractivity contribution in [3.8, 4) is 0 Å². The van der Waals surface area contributed by atoms with Gasteiger partial charge in [-0.05, 0) is 23.5 Å². The molecule has 0 heterocycles. The lowest BCUT2D eigenvalue weighted by Gasteiger charge is -2.09. The van der Waals surface area contributed by atoms with Crippen molar-refractivity contribution >= 4 is 0 Å². The van der Waals surface area contributed by atoms with Crippen LogP contribution in [0.1, 0.15) is 31.4 Å². The minimum atomic E-state index is -4.08. The van der Waals surface area contributed by atoms with Crippen LogP contribution in [-0.2, 0) is 13.0 Å². The molecule has 0 spiro atoms. The standard InChI is InChI=1S/C14H20F3N/c1-11(2)9-12-3-5-13(6-4-12)10-18-8-7-14(15,16)17/h3-6,11,18H,7-10H2,1-2H3. The molecule has 4 heteroatoms. The highest BCUT2D eigenvalue weighted by Crippen LogP contribution is 2.18. The molecule has 0 aromatic heterocycles. The summed E-state index contributed by atoms with van der Waals surface area (Å²) in [6.45, 7) is 4.77. The molecule has 1 aromatic carbocycles. The third-order valence-corrected chi connectivity index (χ3v) is 2.58. The molecule has 0 aliphatic heterocycles. The molecule has 102 valence electrons. The lowest BCUT2D eigenvalue weighted by molar-refractivity contribution is -0.133. The van der Waals surface area contributed by atoms with E-state index in [9.17, 15) is 13.2 Å². The van der Waals surface area contributed by atoms with E-state index >= 15 is 0 Å². The van der Waals surface area contributed by atoms with Gasteiger partial charge in [-0.2, -0.15) is 13.2 Å². The number of alkyl halides is 3. The lowest BCUT2D eigenvalue weighted by Crippen LogP contribution is -2.21. The molecule has 0 saturated carbocycles. The Morgan fingerprint density at radius 1 is 1.06 bits per heavy atom. The fraction of sp³-hybridized carbons (Fsp3) is 0.571. The molecule has 0 saturated heterocycles. The maximum atomic E-state index is 11.9. The Morgan fingerprint density at radius 2 is 1.61 bits per heavy atom. The number of rotatable bonds is 6. The lowest BCUT2D eigenvalue weighted by atomic mass is 10.0. The average molecular weight is 259 g/mol. The Morgan fingerprint density at radius 3 is 2.11 bits per heavy atom. The van der Waals surface area contributed by atoms with Crippen LogP contribution in [0.2, 0.25) is 0 Å². The van der Waals surface area contributed by atoms with Crippen molar-refractivity contribution in [2.75, 3.05) is 6.54 Å². The van der Waals surface area contributed by atoms with Gasteiger partial charge in [0, 0.05) is 13.1 Å². The second-order valence-corrected chi connectivity index (χ2v) is 4.96. The first-order valence-electron chi connectivity index (χ1n) is 6.22. The van der Waals surface area contributed by atoms with Crippen LogP contribution in [0, 0.1) is 5.92 Å². The highest BCUT2D eigenvalue weighted by molar-refractivity contribution is 5.22. The number of benzene rings is 1. The Labute approximate surface area is 106 Å². The van der Waals surface area contributed by atoms with Crippen molar-refractivity contribution in [2.45, 2.75) is 39.4 Å². The molecule has 0 radical (unpaired) electrons. The molecule has 0 bridgehead atoms. The molecule has 0 unspecified atom stereocenters. The van der Waals surface area contributed by atoms with E-state index in [1.165, 1.54) is 5.56 Å². The molecule has 0 aliphatic carbocycles. The predicted molar refractivity (Wildman–Crippen MR) is 67.4 cm³/mol. The van der Waals surface area contributed by atoms with Gasteiger partial charge in [0.15, 0.2) is 0 Å². The van der Waals surface area contributed by atoms with Crippen LogP contribution in [0.15, 0.2) is 24.3 Å². The summed E-state index contributed by atoms with van der Waals surface area (Å²) in [7, 11) is 0. The minimum absolute atomic E-state index is 0.0305. The van der Waals surface area contributed by atoms with Gasteiger partial charge >= 0.3 is 6.18 Å². The molecular formula is C14H20F3N. The Hall–Kier alpha value is -1.03. The van der Waals surface area contributed by atoms with Crippen LogP contribution >= 0.6 is 0 Å².